The molecule has 0 bridgehead atoms. The predicted octanol–water partition coefficient (Wildman–Crippen LogP) is 3.86. The van der Waals surface area contributed by atoms with E-state index in [1.807, 2.05) is 6.07 Å². The van der Waals surface area contributed by atoms with Crippen LogP contribution in [0.2, 0.25) is 0 Å². The lowest BCUT2D eigenvalue weighted by molar-refractivity contribution is 0.229. The van der Waals surface area contributed by atoms with Crippen molar-refractivity contribution in [3.8, 4) is 6.07 Å². The Balaban J connectivity index is 1.87. The minimum atomic E-state index is -4.19. The van der Waals surface area contributed by atoms with Gasteiger partial charge >= 0.3 is 6.03 Å². The Labute approximate surface area is 172 Å². The van der Waals surface area contributed by atoms with E-state index in [4.69, 9.17) is 5.26 Å². The lowest BCUT2D eigenvalue weighted by atomic mass is 10.1. The minimum Gasteiger partial charge on any atom is -0.246 e. The highest BCUT2D eigenvalue weighted by Gasteiger charge is 2.43. The number of benzene rings is 2. The number of sulfonamides is 1. The van der Waals surface area contributed by atoms with Gasteiger partial charge in [-0.15, -0.1) is 0 Å². The number of amides is 2. The largest absolute Gasteiger partial charge is 0.344 e. The first-order valence-corrected chi connectivity index (χ1v) is 10.3. The molecule has 7 nitrogen and oxygen atoms in total. The SMILES string of the molecule is Cc1cc(N2C(=O)N(Cc3cccc(C#N)c3)S(=O)(=O)c3cccnc32)ccc1F. The quantitative estimate of drug-likeness (QED) is 0.639. The molecule has 0 saturated carbocycles. The number of hydrogen-bond acceptors (Lipinski definition) is 5. The van der Waals surface area contributed by atoms with Crippen LogP contribution in [0.25, 0.3) is 0 Å². The number of aryl methyl sites for hydroxylation is 1. The van der Waals surface area contributed by atoms with Crippen molar-refractivity contribution in [2.24, 2.45) is 0 Å². The summed E-state index contributed by atoms with van der Waals surface area (Å²) in [6, 6.07) is 14.4. The Morgan fingerprint density at radius 1 is 1.13 bits per heavy atom. The average Bonchev–Trinajstić information content (AvgIpc) is 2.74. The van der Waals surface area contributed by atoms with Gasteiger partial charge in [0.1, 0.15) is 10.7 Å². The Kier molecular flexibility index (Phi) is 4.72. The summed E-state index contributed by atoms with van der Waals surface area (Å²) in [6.45, 7) is 1.29. The number of carbonyl (C=O) groups excluding carboxylic acids is 1. The maximum atomic E-state index is 13.8. The van der Waals surface area contributed by atoms with Crippen molar-refractivity contribution in [2.45, 2.75) is 18.4 Å². The molecule has 0 aliphatic carbocycles. The van der Waals surface area contributed by atoms with E-state index < -0.39 is 21.9 Å². The van der Waals surface area contributed by atoms with Gasteiger partial charge in [-0.3, -0.25) is 0 Å². The van der Waals surface area contributed by atoms with Crippen LogP contribution in [0.5, 0.6) is 0 Å². The van der Waals surface area contributed by atoms with Gasteiger partial charge in [0.15, 0.2) is 5.82 Å². The zero-order valence-corrected chi connectivity index (χ0v) is 16.6. The van der Waals surface area contributed by atoms with E-state index in [1.54, 1.807) is 25.1 Å². The molecule has 0 fully saturated rings. The fourth-order valence-electron chi connectivity index (χ4n) is 3.23. The summed E-state index contributed by atoms with van der Waals surface area (Å²) in [6.07, 6.45) is 1.39. The molecule has 0 spiro atoms. The van der Waals surface area contributed by atoms with E-state index in [2.05, 4.69) is 4.98 Å². The second-order valence-electron chi connectivity index (χ2n) is 6.70. The van der Waals surface area contributed by atoms with Crippen molar-refractivity contribution >= 4 is 27.6 Å². The van der Waals surface area contributed by atoms with Gasteiger partial charge in [0.25, 0.3) is 10.0 Å². The molecule has 30 heavy (non-hydrogen) atoms. The van der Waals surface area contributed by atoms with Crippen molar-refractivity contribution in [1.82, 2.24) is 9.29 Å². The van der Waals surface area contributed by atoms with Crippen LogP contribution < -0.4 is 4.90 Å². The zero-order valence-electron chi connectivity index (χ0n) is 15.8. The van der Waals surface area contributed by atoms with Crippen LogP contribution in [0.4, 0.5) is 20.7 Å². The van der Waals surface area contributed by atoms with Crippen LogP contribution in [-0.4, -0.2) is 23.7 Å². The van der Waals surface area contributed by atoms with E-state index in [-0.39, 0.29) is 17.3 Å². The summed E-state index contributed by atoms with van der Waals surface area (Å²) in [4.78, 5) is 18.5. The van der Waals surface area contributed by atoms with Gasteiger partial charge in [0.2, 0.25) is 0 Å². The molecule has 2 amide bonds. The normalized spacial score (nSPS) is 14.9. The van der Waals surface area contributed by atoms with Crippen molar-refractivity contribution in [3.05, 3.63) is 83.3 Å². The van der Waals surface area contributed by atoms with Crippen LogP contribution in [0.3, 0.4) is 0 Å². The Bertz CT molecular complexity index is 1320. The van der Waals surface area contributed by atoms with Crippen LogP contribution in [0, 0.1) is 24.1 Å². The molecule has 2 heterocycles. The number of aromatic nitrogens is 1. The Morgan fingerprint density at radius 2 is 1.93 bits per heavy atom. The monoisotopic (exact) mass is 422 g/mol. The molecule has 1 aliphatic rings. The smallest absolute Gasteiger partial charge is 0.246 e. The van der Waals surface area contributed by atoms with Gasteiger partial charge in [-0.25, -0.2) is 31.8 Å². The zero-order chi connectivity index (χ0) is 21.5. The van der Waals surface area contributed by atoms with Crippen LogP contribution in [0.1, 0.15) is 16.7 Å². The third kappa shape index (κ3) is 3.17. The van der Waals surface area contributed by atoms with Crippen molar-refractivity contribution in [1.29, 1.82) is 5.26 Å². The summed E-state index contributed by atoms with van der Waals surface area (Å²) < 4.78 is 40.9. The molecule has 150 valence electrons. The maximum Gasteiger partial charge on any atom is 0.344 e. The summed E-state index contributed by atoms with van der Waals surface area (Å²) in [5.41, 5.74) is 1.43. The average molecular weight is 422 g/mol. The van der Waals surface area contributed by atoms with Crippen molar-refractivity contribution in [2.75, 3.05) is 4.90 Å². The number of carbonyl (C=O) groups is 1. The highest BCUT2D eigenvalue weighted by Crippen LogP contribution is 2.38. The summed E-state index contributed by atoms with van der Waals surface area (Å²) in [5, 5.41) is 9.10. The molecule has 4 rings (SSSR count). The lowest BCUT2D eigenvalue weighted by Gasteiger charge is -2.35. The van der Waals surface area contributed by atoms with E-state index in [0.29, 0.717) is 22.4 Å². The molecule has 0 N–H and O–H groups in total. The number of hydrogen-bond donors (Lipinski definition) is 0. The van der Waals surface area contributed by atoms with Gasteiger partial charge in [0, 0.05) is 6.20 Å². The molecule has 1 aromatic heterocycles. The number of nitriles is 1. The summed E-state index contributed by atoms with van der Waals surface area (Å²) in [7, 11) is -4.19. The first kappa shape index (κ1) is 19.5. The highest BCUT2D eigenvalue weighted by atomic mass is 32.2. The van der Waals surface area contributed by atoms with Gasteiger partial charge in [-0.2, -0.15) is 5.26 Å². The molecule has 0 saturated heterocycles. The van der Waals surface area contributed by atoms with Crippen LogP contribution >= 0.6 is 0 Å². The van der Waals surface area contributed by atoms with E-state index in [9.17, 15) is 17.6 Å². The van der Waals surface area contributed by atoms with Crippen LogP contribution in [-0.2, 0) is 16.6 Å². The second-order valence-corrected chi connectivity index (χ2v) is 8.53. The molecule has 0 atom stereocenters. The number of urea groups is 1. The molecular weight excluding hydrogens is 407 g/mol. The fraction of sp³-hybridized carbons (Fsp3) is 0.0952. The van der Waals surface area contributed by atoms with E-state index in [1.165, 1.54) is 42.6 Å². The molecule has 2 aromatic carbocycles. The van der Waals surface area contributed by atoms with Gasteiger partial charge in [-0.1, -0.05) is 12.1 Å². The van der Waals surface area contributed by atoms with E-state index in [0.717, 1.165) is 9.21 Å². The highest BCUT2D eigenvalue weighted by molar-refractivity contribution is 7.90. The number of nitrogens with zero attached hydrogens (tertiary/aromatic N) is 4. The standard InChI is InChI=1S/C21H15FN4O3S/c1-14-10-17(7-8-18(14)22)26-20-19(6-3-9-24-20)30(28,29)25(21(26)27)13-16-5-2-4-15(11-16)12-23/h2-11H,13H2,1H3. The molecule has 0 unspecified atom stereocenters. The summed E-state index contributed by atoms with van der Waals surface area (Å²) >= 11 is 0. The van der Waals surface area contributed by atoms with Crippen molar-refractivity contribution < 1.29 is 17.6 Å². The van der Waals surface area contributed by atoms with Gasteiger partial charge in [0.05, 0.1) is 23.9 Å². The lowest BCUT2D eigenvalue weighted by Crippen LogP contribution is -2.48. The number of halogens is 1. The molecule has 1 aliphatic heterocycles. The number of anilines is 2. The third-order valence-corrected chi connectivity index (χ3v) is 6.46. The molecule has 0 radical (unpaired) electrons. The van der Waals surface area contributed by atoms with Crippen molar-refractivity contribution in [3.63, 3.8) is 0 Å². The predicted molar refractivity (Wildman–Crippen MR) is 107 cm³/mol. The molecule has 9 heteroatoms. The first-order chi connectivity index (χ1) is 14.3. The first-order valence-electron chi connectivity index (χ1n) is 8.90. The topological polar surface area (TPSA) is 94.4 Å². The number of pyridine rings is 1. The van der Waals surface area contributed by atoms with E-state index >= 15 is 0 Å². The Hall–Kier alpha value is -3.77. The van der Waals surface area contributed by atoms with Crippen LogP contribution in [0.15, 0.2) is 65.7 Å². The van der Waals surface area contributed by atoms with Gasteiger partial charge in [-0.05, 0) is 60.5 Å². The molecule has 3 aromatic rings. The third-order valence-electron chi connectivity index (χ3n) is 4.72. The minimum absolute atomic E-state index is 0.0458. The molecular formula is C21H15FN4O3S. The number of rotatable bonds is 3. The fourth-order valence-corrected chi connectivity index (χ4v) is 4.70. The second kappa shape index (κ2) is 7.24. The summed E-state index contributed by atoms with van der Waals surface area (Å²) in [5.74, 6) is -0.488. The maximum absolute atomic E-state index is 13.8. The number of fused-ring (bicyclic) bond motifs is 1. The van der Waals surface area contributed by atoms with Gasteiger partial charge < -0.3 is 0 Å². The Morgan fingerprint density at radius 3 is 2.67 bits per heavy atom.